The van der Waals surface area contributed by atoms with Crippen molar-refractivity contribution < 1.29 is 9.47 Å². The Balaban J connectivity index is 2.05. The fourth-order valence-electron chi connectivity index (χ4n) is 2.41. The summed E-state index contributed by atoms with van der Waals surface area (Å²) in [7, 11) is 1.56. The zero-order valence-corrected chi connectivity index (χ0v) is 11.9. The Hall–Kier alpha value is -1.56. The fourth-order valence-corrected chi connectivity index (χ4v) is 2.41. The maximum absolute atomic E-state index is 5.71. The summed E-state index contributed by atoms with van der Waals surface area (Å²) in [5.41, 5.74) is 5.72. The SMILES string of the molecule is CCOC1CC(Nc2cc(OC)nc(N)n2)C1(C)C. The van der Waals surface area contributed by atoms with Crippen LogP contribution >= 0.6 is 0 Å². The minimum Gasteiger partial charge on any atom is -0.481 e. The number of nitrogen functional groups attached to an aromatic ring is 1. The second-order valence-corrected chi connectivity index (χ2v) is 5.35. The molecule has 0 aliphatic heterocycles. The molecule has 1 aliphatic rings. The van der Waals surface area contributed by atoms with Crippen molar-refractivity contribution in [2.75, 3.05) is 24.8 Å². The quantitative estimate of drug-likeness (QED) is 0.844. The monoisotopic (exact) mass is 266 g/mol. The van der Waals surface area contributed by atoms with Crippen molar-refractivity contribution >= 4 is 11.8 Å². The summed E-state index contributed by atoms with van der Waals surface area (Å²) in [6.45, 7) is 7.15. The largest absolute Gasteiger partial charge is 0.481 e. The molecular weight excluding hydrogens is 244 g/mol. The highest BCUT2D eigenvalue weighted by Gasteiger charge is 2.49. The third-order valence-electron chi connectivity index (χ3n) is 3.80. The summed E-state index contributed by atoms with van der Waals surface area (Å²) in [5.74, 6) is 1.37. The lowest BCUT2D eigenvalue weighted by molar-refractivity contribution is -0.0976. The first kappa shape index (κ1) is 13.9. The van der Waals surface area contributed by atoms with Gasteiger partial charge in [0, 0.05) is 24.1 Å². The van der Waals surface area contributed by atoms with E-state index in [1.807, 2.05) is 6.92 Å². The molecule has 106 valence electrons. The highest BCUT2D eigenvalue weighted by atomic mass is 16.5. The molecule has 0 bridgehead atoms. The van der Waals surface area contributed by atoms with Gasteiger partial charge in [-0.05, 0) is 13.3 Å². The van der Waals surface area contributed by atoms with Crippen LogP contribution in [0.3, 0.4) is 0 Å². The Bertz CT molecular complexity index is 450. The van der Waals surface area contributed by atoms with Crippen molar-refractivity contribution in [3.05, 3.63) is 6.07 Å². The molecule has 1 saturated carbocycles. The van der Waals surface area contributed by atoms with Gasteiger partial charge in [-0.3, -0.25) is 0 Å². The van der Waals surface area contributed by atoms with E-state index in [0.717, 1.165) is 13.0 Å². The van der Waals surface area contributed by atoms with Gasteiger partial charge in [0.15, 0.2) is 0 Å². The average molecular weight is 266 g/mol. The summed E-state index contributed by atoms with van der Waals surface area (Å²) in [6, 6.07) is 2.06. The van der Waals surface area contributed by atoms with Gasteiger partial charge >= 0.3 is 0 Å². The van der Waals surface area contributed by atoms with Crippen LogP contribution in [0, 0.1) is 5.41 Å². The van der Waals surface area contributed by atoms with Crippen LogP contribution in [0.4, 0.5) is 11.8 Å². The third-order valence-corrected chi connectivity index (χ3v) is 3.80. The number of aromatic nitrogens is 2. The number of nitrogens with one attached hydrogen (secondary N) is 1. The van der Waals surface area contributed by atoms with Gasteiger partial charge in [-0.25, -0.2) is 0 Å². The Morgan fingerprint density at radius 2 is 2.21 bits per heavy atom. The average Bonchev–Trinajstić information content (AvgIpc) is 2.37. The van der Waals surface area contributed by atoms with Crippen LogP contribution < -0.4 is 15.8 Å². The molecule has 2 unspecified atom stereocenters. The summed E-state index contributed by atoms with van der Waals surface area (Å²) in [4.78, 5) is 8.14. The van der Waals surface area contributed by atoms with E-state index in [2.05, 4.69) is 29.1 Å². The molecule has 1 aromatic rings. The van der Waals surface area contributed by atoms with Crippen LogP contribution in [-0.2, 0) is 4.74 Å². The van der Waals surface area contributed by atoms with Crippen molar-refractivity contribution in [2.45, 2.75) is 39.3 Å². The van der Waals surface area contributed by atoms with Crippen molar-refractivity contribution in [2.24, 2.45) is 5.41 Å². The van der Waals surface area contributed by atoms with E-state index >= 15 is 0 Å². The zero-order chi connectivity index (χ0) is 14.0. The van der Waals surface area contributed by atoms with E-state index in [-0.39, 0.29) is 17.5 Å². The van der Waals surface area contributed by atoms with Gasteiger partial charge in [0.05, 0.1) is 13.2 Å². The lowest BCUT2D eigenvalue weighted by atomic mass is 9.64. The molecule has 6 heteroatoms. The lowest BCUT2D eigenvalue weighted by Crippen LogP contribution is -2.58. The van der Waals surface area contributed by atoms with Crippen molar-refractivity contribution in [3.63, 3.8) is 0 Å². The summed E-state index contributed by atoms with van der Waals surface area (Å²) in [6.07, 6.45) is 1.25. The van der Waals surface area contributed by atoms with Crippen LogP contribution in [0.5, 0.6) is 5.88 Å². The first-order chi connectivity index (χ1) is 8.97. The van der Waals surface area contributed by atoms with Crippen LogP contribution in [0.25, 0.3) is 0 Å². The number of hydrogen-bond donors (Lipinski definition) is 2. The molecule has 2 atom stereocenters. The molecule has 3 N–H and O–H groups in total. The summed E-state index contributed by atoms with van der Waals surface area (Å²) >= 11 is 0. The number of anilines is 2. The van der Waals surface area contributed by atoms with E-state index in [4.69, 9.17) is 15.2 Å². The van der Waals surface area contributed by atoms with E-state index in [0.29, 0.717) is 17.7 Å². The first-order valence-corrected chi connectivity index (χ1v) is 6.54. The molecule has 0 aromatic carbocycles. The Morgan fingerprint density at radius 1 is 1.47 bits per heavy atom. The molecule has 1 fully saturated rings. The van der Waals surface area contributed by atoms with E-state index in [1.165, 1.54) is 0 Å². The highest BCUT2D eigenvalue weighted by molar-refractivity contribution is 5.44. The molecule has 0 amide bonds. The normalized spacial score (nSPS) is 24.6. The van der Waals surface area contributed by atoms with Gasteiger partial charge in [-0.2, -0.15) is 9.97 Å². The number of hydrogen-bond acceptors (Lipinski definition) is 6. The van der Waals surface area contributed by atoms with Crippen LogP contribution in [0.2, 0.25) is 0 Å². The molecule has 19 heavy (non-hydrogen) atoms. The maximum atomic E-state index is 5.71. The van der Waals surface area contributed by atoms with E-state index in [9.17, 15) is 0 Å². The molecular formula is C13H22N4O2. The number of nitrogens with zero attached hydrogens (tertiary/aromatic N) is 2. The second kappa shape index (κ2) is 5.21. The van der Waals surface area contributed by atoms with Crippen molar-refractivity contribution in [1.29, 1.82) is 0 Å². The first-order valence-electron chi connectivity index (χ1n) is 6.54. The molecule has 0 spiro atoms. The molecule has 1 aromatic heterocycles. The molecule has 1 heterocycles. The van der Waals surface area contributed by atoms with E-state index in [1.54, 1.807) is 13.2 Å². The molecule has 2 rings (SSSR count). The standard InChI is InChI=1S/C13H22N4O2/c1-5-19-9-6-8(13(9,2)3)15-10-7-11(18-4)17-12(14)16-10/h7-9H,5-6H2,1-4H3,(H3,14,15,16,17). The minimum atomic E-state index is 0.0724. The molecule has 0 saturated heterocycles. The maximum Gasteiger partial charge on any atom is 0.225 e. The van der Waals surface area contributed by atoms with Crippen molar-refractivity contribution in [1.82, 2.24) is 9.97 Å². The van der Waals surface area contributed by atoms with Gasteiger partial charge in [-0.15, -0.1) is 0 Å². The lowest BCUT2D eigenvalue weighted by Gasteiger charge is -2.51. The predicted molar refractivity (Wildman–Crippen MR) is 74.2 cm³/mol. The second-order valence-electron chi connectivity index (χ2n) is 5.35. The molecule has 0 radical (unpaired) electrons. The summed E-state index contributed by atoms with van der Waals surface area (Å²) < 4.78 is 10.8. The van der Waals surface area contributed by atoms with Crippen LogP contribution in [0.1, 0.15) is 27.2 Å². The smallest absolute Gasteiger partial charge is 0.225 e. The zero-order valence-electron chi connectivity index (χ0n) is 11.9. The number of ether oxygens (including phenoxy) is 2. The van der Waals surface area contributed by atoms with Gasteiger partial charge < -0.3 is 20.5 Å². The topological polar surface area (TPSA) is 82.3 Å². The van der Waals surface area contributed by atoms with E-state index < -0.39 is 0 Å². The molecule has 1 aliphatic carbocycles. The Morgan fingerprint density at radius 3 is 2.79 bits per heavy atom. The van der Waals surface area contributed by atoms with Gasteiger partial charge in [0.25, 0.3) is 0 Å². The fraction of sp³-hybridized carbons (Fsp3) is 0.692. The minimum absolute atomic E-state index is 0.0724. The van der Waals surface area contributed by atoms with Crippen LogP contribution in [0.15, 0.2) is 6.07 Å². The number of methoxy groups -OCH3 is 1. The van der Waals surface area contributed by atoms with Gasteiger partial charge in [0.2, 0.25) is 11.8 Å². The van der Waals surface area contributed by atoms with Gasteiger partial charge in [-0.1, -0.05) is 13.8 Å². The summed E-state index contributed by atoms with van der Waals surface area (Å²) in [5, 5.41) is 3.38. The van der Waals surface area contributed by atoms with Gasteiger partial charge in [0.1, 0.15) is 5.82 Å². The highest BCUT2D eigenvalue weighted by Crippen LogP contribution is 2.44. The Kier molecular flexibility index (Phi) is 3.80. The number of nitrogens with two attached hydrogens (primary N) is 1. The predicted octanol–water partition coefficient (Wildman–Crippen LogP) is 1.68. The van der Waals surface area contributed by atoms with Crippen molar-refractivity contribution in [3.8, 4) is 5.88 Å². The Labute approximate surface area is 113 Å². The molecule has 6 nitrogen and oxygen atoms in total. The number of rotatable bonds is 5. The van der Waals surface area contributed by atoms with Crippen LogP contribution in [-0.4, -0.2) is 35.8 Å². The third kappa shape index (κ3) is 2.73.